The quantitative estimate of drug-likeness (QED) is 0.735. The lowest BCUT2D eigenvalue weighted by Crippen LogP contribution is -2.14. The molecule has 1 fully saturated rings. The maximum absolute atomic E-state index is 12.3. The predicted octanol–water partition coefficient (Wildman–Crippen LogP) is 4.38. The van der Waals surface area contributed by atoms with Crippen molar-refractivity contribution < 1.29 is 9.32 Å². The van der Waals surface area contributed by atoms with E-state index in [0.29, 0.717) is 29.0 Å². The van der Waals surface area contributed by atoms with Crippen LogP contribution in [0.15, 0.2) is 41.2 Å². The Hall–Kier alpha value is -2.54. The predicted molar refractivity (Wildman–Crippen MR) is 96.0 cm³/mol. The van der Waals surface area contributed by atoms with Gasteiger partial charge in [0.05, 0.1) is 4.88 Å². The summed E-state index contributed by atoms with van der Waals surface area (Å²) in [5.74, 6) is 0.955. The molecule has 0 unspecified atom stereocenters. The van der Waals surface area contributed by atoms with E-state index in [1.165, 1.54) is 30.6 Å². The third-order valence-electron chi connectivity index (χ3n) is 4.43. The Morgan fingerprint density at radius 3 is 2.76 bits per heavy atom. The molecular formula is C18H18N4O2S. The maximum Gasteiger partial charge on any atom is 0.226 e. The minimum atomic E-state index is 0.0277. The molecule has 1 saturated carbocycles. The zero-order valence-electron chi connectivity index (χ0n) is 13.6. The van der Waals surface area contributed by atoms with E-state index in [4.69, 9.17) is 4.52 Å². The van der Waals surface area contributed by atoms with Crippen molar-refractivity contribution in [2.45, 2.75) is 32.1 Å². The Morgan fingerprint density at radius 2 is 2.04 bits per heavy atom. The van der Waals surface area contributed by atoms with Crippen molar-refractivity contribution in [2.24, 2.45) is 5.92 Å². The molecule has 1 aliphatic rings. The van der Waals surface area contributed by atoms with Gasteiger partial charge in [-0.05, 0) is 24.3 Å². The van der Waals surface area contributed by atoms with Gasteiger partial charge in [0.15, 0.2) is 5.13 Å². The van der Waals surface area contributed by atoms with Crippen molar-refractivity contribution >= 4 is 22.4 Å². The Bertz CT molecular complexity index is 839. The van der Waals surface area contributed by atoms with Gasteiger partial charge in [0.2, 0.25) is 18.1 Å². The van der Waals surface area contributed by atoms with Gasteiger partial charge in [-0.1, -0.05) is 59.7 Å². The lowest BCUT2D eigenvalue weighted by molar-refractivity contribution is -0.117. The Kier molecular flexibility index (Phi) is 4.56. The number of carbonyl (C=O) groups is 1. The average molecular weight is 354 g/mol. The zero-order chi connectivity index (χ0) is 17.1. The van der Waals surface area contributed by atoms with Gasteiger partial charge in [-0.3, -0.25) is 4.79 Å². The summed E-state index contributed by atoms with van der Waals surface area (Å²) in [7, 11) is 0. The van der Waals surface area contributed by atoms with E-state index < -0.39 is 0 Å². The van der Waals surface area contributed by atoms with Gasteiger partial charge in [0.1, 0.15) is 5.69 Å². The average Bonchev–Trinajstić information content (AvgIpc) is 3.37. The number of hydrogen-bond donors (Lipinski definition) is 1. The van der Waals surface area contributed by atoms with Gasteiger partial charge >= 0.3 is 0 Å². The molecule has 3 aromatic rings. The number of carbonyl (C=O) groups excluding carboxylic acids is 1. The standard InChI is InChI=1S/C18H18N4O2S/c23-14(10-12-6-4-5-7-12)20-18-21-15(17-19-11-24-22-17)16(25-18)13-8-2-1-3-9-13/h1-3,8-9,11-12H,4-7,10H2,(H,20,21,23). The van der Waals surface area contributed by atoms with Gasteiger partial charge in [-0.25, -0.2) is 4.98 Å². The summed E-state index contributed by atoms with van der Waals surface area (Å²) in [4.78, 5) is 21.9. The van der Waals surface area contributed by atoms with Crippen molar-refractivity contribution in [3.05, 3.63) is 36.7 Å². The van der Waals surface area contributed by atoms with Gasteiger partial charge < -0.3 is 9.84 Å². The molecule has 1 amide bonds. The second-order valence-electron chi connectivity index (χ2n) is 6.22. The molecule has 1 aromatic carbocycles. The highest BCUT2D eigenvalue weighted by Gasteiger charge is 2.22. The summed E-state index contributed by atoms with van der Waals surface area (Å²) in [6.45, 7) is 0. The van der Waals surface area contributed by atoms with Gasteiger partial charge in [0, 0.05) is 6.42 Å². The third kappa shape index (κ3) is 3.61. The van der Waals surface area contributed by atoms with Crippen LogP contribution in [-0.2, 0) is 4.79 Å². The SMILES string of the molecule is O=C(CC1CCCC1)Nc1nc(-c2ncon2)c(-c2ccccc2)s1. The van der Waals surface area contributed by atoms with E-state index >= 15 is 0 Å². The molecule has 2 heterocycles. The first-order chi connectivity index (χ1) is 12.3. The molecule has 128 valence electrons. The lowest BCUT2D eigenvalue weighted by Gasteiger charge is -2.07. The molecule has 6 nitrogen and oxygen atoms in total. The van der Waals surface area contributed by atoms with Crippen LogP contribution >= 0.6 is 11.3 Å². The molecule has 0 bridgehead atoms. The summed E-state index contributed by atoms with van der Waals surface area (Å²) < 4.78 is 4.85. The molecule has 7 heteroatoms. The normalized spacial score (nSPS) is 14.7. The summed E-state index contributed by atoms with van der Waals surface area (Å²) in [6, 6.07) is 9.89. The minimum Gasteiger partial charge on any atom is -0.342 e. The number of thiazole rings is 1. The lowest BCUT2D eigenvalue weighted by atomic mass is 10.0. The van der Waals surface area contributed by atoms with E-state index in [1.807, 2.05) is 30.3 Å². The van der Waals surface area contributed by atoms with Crippen LogP contribution in [0.4, 0.5) is 5.13 Å². The topological polar surface area (TPSA) is 80.9 Å². The smallest absolute Gasteiger partial charge is 0.226 e. The molecule has 1 N–H and O–H groups in total. The van der Waals surface area contributed by atoms with Crippen LogP contribution in [0.2, 0.25) is 0 Å². The van der Waals surface area contributed by atoms with E-state index in [9.17, 15) is 4.79 Å². The second kappa shape index (κ2) is 7.14. The first-order valence-electron chi connectivity index (χ1n) is 8.42. The number of benzene rings is 1. The van der Waals surface area contributed by atoms with E-state index in [0.717, 1.165) is 23.3 Å². The van der Waals surface area contributed by atoms with Gasteiger partial charge in [0.25, 0.3) is 0 Å². The maximum atomic E-state index is 12.3. The number of hydrogen-bond acceptors (Lipinski definition) is 6. The Labute approximate surface area is 149 Å². The van der Waals surface area contributed by atoms with Gasteiger partial charge in [-0.2, -0.15) is 4.98 Å². The fourth-order valence-electron chi connectivity index (χ4n) is 3.23. The molecule has 4 rings (SSSR count). The largest absolute Gasteiger partial charge is 0.342 e. The fraction of sp³-hybridized carbons (Fsp3) is 0.333. The molecule has 1 aliphatic carbocycles. The highest BCUT2D eigenvalue weighted by atomic mass is 32.1. The molecule has 0 radical (unpaired) electrons. The third-order valence-corrected chi connectivity index (χ3v) is 5.45. The number of nitrogens with zero attached hydrogens (tertiary/aromatic N) is 3. The van der Waals surface area contributed by atoms with Crippen LogP contribution in [0.3, 0.4) is 0 Å². The number of rotatable bonds is 5. The van der Waals surface area contributed by atoms with Crippen LogP contribution in [0.25, 0.3) is 22.0 Å². The van der Waals surface area contributed by atoms with Crippen LogP contribution < -0.4 is 5.32 Å². The first-order valence-corrected chi connectivity index (χ1v) is 9.24. The van der Waals surface area contributed by atoms with E-state index in [2.05, 4.69) is 20.4 Å². The Balaban J connectivity index is 1.59. The van der Waals surface area contributed by atoms with Crippen molar-refractivity contribution in [3.8, 4) is 22.0 Å². The Morgan fingerprint density at radius 1 is 1.24 bits per heavy atom. The highest BCUT2D eigenvalue weighted by Crippen LogP contribution is 2.38. The summed E-state index contributed by atoms with van der Waals surface area (Å²) in [5.41, 5.74) is 1.64. The van der Waals surface area contributed by atoms with E-state index in [-0.39, 0.29) is 5.91 Å². The first kappa shape index (κ1) is 16.0. The molecule has 0 spiro atoms. The minimum absolute atomic E-state index is 0.0277. The van der Waals surface area contributed by atoms with Crippen molar-refractivity contribution in [2.75, 3.05) is 5.32 Å². The second-order valence-corrected chi connectivity index (χ2v) is 7.22. The molecule has 0 aliphatic heterocycles. The van der Waals surface area contributed by atoms with Crippen molar-refractivity contribution in [1.29, 1.82) is 0 Å². The monoisotopic (exact) mass is 354 g/mol. The molecule has 2 aromatic heterocycles. The van der Waals surface area contributed by atoms with Crippen LogP contribution in [0, 0.1) is 5.92 Å². The van der Waals surface area contributed by atoms with Crippen LogP contribution in [-0.4, -0.2) is 21.0 Å². The number of anilines is 1. The summed E-state index contributed by atoms with van der Waals surface area (Å²) in [5, 5.41) is 7.41. The van der Waals surface area contributed by atoms with Gasteiger partial charge in [-0.15, -0.1) is 0 Å². The van der Waals surface area contributed by atoms with Crippen molar-refractivity contribution in [1.82, 2.24) is 15.1 Å². The molecule has 25 heavy (non-hydrogen) atoms. The van der Waals surface area contributed by atoms with Crippen LogP contribution in [0.5, 0.6) is 0 Å². The number of nitrogens with one attached hydrogen (secondary N) is 1. The van der Waals surface area contributed by atoms with Crippen LogP contribution in [0.1, 0.15) is 32.1 Å². The van der Waals surface area contributed by atoms with E-state index in [1.54, 1.807) is 0 Å². The summed E-state index contributed by atoms with van der Waals surface area (Å²) >= 11 is 1.43. The number of amides is 1. The zero-order valence-corrected chi connectivity index (χ0v) is 14.5. The fourth-order valence-corrected chi connectivity index (χ4v) is 4.21. The molecule has 0 saturated heterocycles. The summed E-state index contributed by atoms with van der Waals surface area (Å²) in [6.07, 6.45) is 6.60. The number of aromatic nitrogens is 3. The molecule has 0 atom stereocenters. The molecular weight excluding hydrogens is 336 g/mol. The van der Waals surface area contributed by atoms with Crippen molar-refractivity contribution in [3.63, 3.8) is 0 Å². The highest BCUT2D eigenvalue weighted by molar-refractivity contribution is 7.19.